The number of H-pyrrole nitrogens is 1. The number of rotatable bonds is 6. The lowest BCUT2D eigenvalue weighted by atomic mass is 9.83. The molecule has 3 aromatic heterocycles. The van der Waals surface area contributed by atoms with Crippen LogP contribution in [0.4, 0.5) is 0 Å². The maximum Gasteiger partial charge on any atom is 0.255 e. The van der Waals surface area contributed by atoms with Gasteiger partial charge >= 0.3 is 0 Å². The SMILES string of the molecule is CN(Cc1ccoc1)Cc1ccc2n(c1=O)C[C@H]1C[C@@H]2CN(Cc2cnc[nH]2)C1. The molecule has 0 radical (unpaired) electrons. The van der Waals surface area contributed by atoms with Gasteiger partial charge in [0.1, 0.15) is 0 Å². The van der Waals surface area contributed by atoms with E-state index in [4.69, 9.17) is 4.42 Å². The van der Waals surface area contributed by atoms with Crippen LogP contribution in [0.1, 0.15) is 34.9 Å². The predicted octanol–water partition coefficient (Wildman–Crippen LogP) is 2.42. The van der Waals surface area contributed by atoms with Gasteiger partial charge in [0.25, 0.3) is 5.56 Å². The number of hydrogen-bond acceptors (Lipinski definition) is 5. The normalized spacial score (nSPS) is 21.4. The Morgan fingerprint density at radius 2 is 2.17 bits per heavy atom. The van der Waals surface area contributed by atoms with Crippen LogP contribution in [-0.4, -0.2) is 44.5 Å². The van der Waals surface area contributed by atoms with Gasteiger partial charge in [-0.2, -0.15) is 0 Å². The highest BCUT2D eigenvalue weighted by atomic mass is 16.3. The topological polar surface area (TPSA) is 70.3 Å². The van der Waals surface area contributed by atoms with Crippen LogP contribution < -0.4 is 5.56 Å². The molecule has 152 valence electrons. The number of likely N-dealkylation sites (tertiary alicyclic amines) is 1. The lowest BCUT2D eigenvalue weighted by Gasteiger charge is -2.42. The summed E-state index contributed by atoms with van der Waals surface area (Å²) < 4.78 is 7.19. The smallest absolute Gasteiger partial charge is 0.255 e. The second-order valence-corrected chi connectivity index (χ2v) is 8.57. The fraction of sp³-hybridized carbons (Fsp3) is 0.455. The van der Waals surface area contributed by atoms with E-state index in [0.29, 0.717) is 18.4 Å². The third-order valence-corrected chi connectivity index (χ3v) is 6.18. The molecule has 2 atom stereocenters. The first kappa shape index (κ1) is 18.4. The number of furan rings is 1. The zero-order chi connectivity index (χ0) is 19.8. The molecule has 0 spiro atoms. The van der Waals surface area contributed by atoms with Gasteiger partial charge in [0.05, 0.1) is 18.9 Å². The molecule has 7 heteroatoms. The van der Waals surface area contributed by atoms with Gasteiger partial charge in [0, 0.05) is 73.9 Å². The van der Waals surface area contributed by atoms with Gasteiger partial charge in [0.2, 0.25) is 0 Å². The Morgan fingerprint density at radius 1 is 1.24 bits per heavy atom. The fourth-order valence-electron chi connectivity index (χ4n) is 4.99. The molecular formula is C22H27N5O2. The molecule has 5 rings (SSSR count). The monoisotopic (exact) mass is 393 g/mol. The zero-order valence-corrected chi connectivity index (χ0v) is 16.8. The standard InChI is InChI=1S/C22H27N5O2/c1-25(8-16-4-5-29-14-16)11-18-2-3-21-19-6-17(10-27(21)22(18)28)9-26(12-19)13-20-7-23-15-24-20/h2-5,7,14-15,17,19H,6,8-13H2,1H3,(H,23,24)/t17-,19+/m0/s1. The van der Waals surface area contributed by atoms with Crippen molar-refractivity contribution in [2.45, 2.75) is 38.5 Å². The third kappa shape index (κ3) is 3.80. The van der Waals surface area contributed by atoms with Crippen LogP contribution in [0.3, 0.4) is 0 Å². The molecule has 3 aromatic rings. The summed E-state index contributed by atoms with van der Waals surface area (Å²) in [5.74, 6) is 0.955. The average Bonchev–Trinajstić information content (AvgIpc) is 3.39. The Hall–Kier alpha value is -2.64. The van der Waals surface area contributed by atoms with Crippen molar-refractivity contribution in [2.24, 2.45) is 5.92 Å². The van der Waals surface area contributed by atoms with E-state index in [-0.39, 0.29) is 5.56 Å². The molecule has 7 nitrogen and oxygen atoms in total. The molecule has 2 aliphatic rings. The summed E-state index contributed by atoms with van der Waals surface area (Å²) in [6.45, 7) is 5.16. The van der Waals surface area contributed by atoms with Crippen LogP contribution >= 0.6 is 0 Å². The van der Waals surface area contributed by atoms with Gasteiger partial charge in [-0.25, -0.2) is 4.98 Å². The molecule has 0 amide bonds. The van der Waals surface area contributed by atoms with Crippen molar-refractivity contribution in [2.75, 3.05) is 20.1 Å². The van der Waals surface area contributed by atoms with Crippen molar-refractivity contribution >= 4 is 0 Å². The number of imidazole rings is 1. The van der Waals surface area contributed by atoms with Gasteiger partial charge in [-0.3, -0.25) is 14.6 Å². The number of nitrogens with one attached hydrogen (secondary N) is 1. The molecule has 1 N–H and O–H groups in total. The van der Waals surface area contributed by atoms with E-state index in [1.807, 2.05) is 29.9 Å². The van der Waals surface area contributed by atoms with Gasteiger partial charge in [0.15, 0.2) is 0 Å². The Balaban J connectivity index is 1.32. The first-order valence-corrected chi connectivity index (χ1v) is 10.3. The number of pyridine rings is 1. The van der Waals surface area contributed by atoms with Crippen LogP contribution in [0.15, 0.2) is 52.5 Å². The fourth-order valence-corrected chi connectivity index (χ4v) is 4.99. The van der Waals surface area contributed by atoms with E-state index in [1.165, 1.54) is 12.1 Å². The number of aromatic nitrogens is 3. The van der Waals surface area contributed by atoms with E-state index in [0.717, 1.165) is 49.5 Å². The van der Waals surface area contributed by atoms with E-state index in [2.05, 4.69) is 25.8 Å². The molecule has 0 aliphatic carbocycles. The van der Waals surface area contributed by atoms with E-state index in [1.54, 1.807) is 18.9 Å². The van der Waals surface area contributed by atoms with Crippen molar-refractivity contribution < 1.29 is 4.42 Å². The maximum absolute atomic E-state index is 13.2. The third-order valence-electron chi connectivity index (χ3n) is 6.18. The molecule has 0 unspecified atom stereocenters. The van der Waals surface area contributed by atoms with Crippen LogP contribution in [0, 0.1) is 5.92 Å². The number of piperidine rings is 1. The molecule has 1 fully saturated rings. The summed E-state index contributed by atoms with van der Waals surface area (Å²) in [5.41, 5.74) is 4.52. The minimum absolute atomic E-state index is 0.179. The van der Waals surface area contributed by atoms with Gasteiger partial charge < -0.3 is 14.0 Å². The van der Waals surface area contributed by atoms with Crippen molar-refractivity contribution in [1.29, 1.82) is 0 Å². The van der Waals surface area contributed by atoms with E-state index in [9.17, 15) is 4.79 Å². The van der Waals surface area contributed by atoms with Crippen LogP contribution in [0.5, 0.6) is 0 Å². The highest BCUT2D eigenvalue weighted by molar-refractivity contribution is 5.22. The van der Waals surface area contributed by atoms with Crippen molar-refractivity contribution in [3.8, 4) is 0 Å². The molecule has 0 aromatic carbocycles. The molecule has 1 saturated heterocycles. The Kier molecular flexibility index (Phi) is 4.85. The quantitative estimate of drug-likeness (QED) is 0.696. The van der Waals surface area contributed by atoms with E-state index >= 15 is 0 Å². The summed E-state index contributed by atoms with van der Waals surface area (Å²) in [4.78, 5) is 25.2. The molecule has 5 heterocycles. The summed E-state index contributed by atoms with van der Waals surface area (Å²) in [6, 6.07) is 6.18. The number of hydrogen-bond donors (Lipinski definition) is 1. The molecule has 0 saturated carbocycles. The Bertz CT molecular complexity index is 1010. The van der Waals surface area contributed by atoms with Gasteiger partial charge in [-0.15, -0.1) is 0 Å². The highest BCUT2D eigenvalue weighted by Crippen LogP contribution is 2.35. The number of fused-ring (bicyclic) bond motifs is 4. The van der Waals surface area contributed by atoms with Crippen LogP contribution in [0.25, 0.3) is 0 Å². The first-order chi connectivity index (χ1) is 14.2. The Labute approximate surface area is 170 Å². The number of nitrogens with zero attached hydrogens (tertiary/aromatic N) is 4. The highest BCUT2D eigenvalue weighted by Gasteiger charge is 2.35. The van der Waals surface area contributed by atoms with Crippen LogP contribution in [-0.2, 0) is 26.2 Å². The van der Waals surface area contributed by atoms with Crippen molar-refractivity contribution in [1.82, 2.24) is 24.3 Å². The lowest BCUT2D eigenvalue weighted by Crippen LogP contribution is -2.47. The summed E-state index contributed by atoms with van der Waals surface area (Å²) >= 11 is 0. The molecule has 29 heavy (non-hydrogen) atoms. The van der Waals surface area contributed by atoms with E-state index < -0.39 is 0 Å². The van der Waals surface area contributed by atoms with Crippen molar-refractivity contribution in [3.63, 3.8) is 0 Å². The zero-order valence-electron chi connectivity index (χ0n) is 16.8. The second kappa shape index (κ2) is 7.65. The second-order valence-electron chi connectivity index (χ2n) is 8.57. The van der Waals surface area contributed by atoms with Gasteiger partial charge in [-0.1, -0.05) is 6.07 Å². The molecule has 2 bridgehead atoms. The average molecular weight is 393 g/mol. The van der Waals surface area contributed by atoms with Crippen molar-refractivity contribution in [3.05, 3.63) is 76.1 Å². The predicted molar refractivity (Wildman–Crippen MR) is 109 cm³/mol. The first-order valence-electron chi connectivity index (χ1n) is 10.3. The largest absolute Gasteiger partial charge is 0.472 e. The van der Waals surface area contributed by atoms with Crippen LogP contribution in [0.2, 0.25) is 0 Å². The summed E-state index contributed by atoms with van der Waals surface area (Å²) in [6.07, 6.45) is 8.26. The minimum Gasteiger partial charge on any atom is -0.472 e. The lowest BCUT2D eigenvalue weighted by molar-refractivity contribution is 0.113. The maximum atomic E-state index is 13.2. The number of aromatic amines is 1. The van der Waals surface area contributed by atoms with Gasteiger partial charge in [-0.05, 0) is 31.5 Å². The molecule has 2 aliphatic heterocycles. The summed E-state index contributed by atoms with van der Waals surface area (Å²) in [5, 5.41) is 0. The molecular weight excluding hydrogens is 366 g/mol. The minimum atomic E-state index is 0.179. The summed E-state index contributed by atoms with van der Waals surface area (Å²) in [7, 11) is 2.04. The Morgan fingerprint density at radius 3 is 2.97 bits per heavy atom.